The van der Waals surface area contributed by atoms with Crippen LogP contribution in [0.15, 0.2) is 66.7 Å². The van der Waals surface area contributed by atoms with E-state index in [1.807, 2.05) is 18.2 Å². The number of benzene rings is 3. The molecule has 0 saturated carbocycles. The van der Waals surface area contributed by atoms with Crippen molar-refractivity contribution in [1.82, 2.24) is 5.32 Å². The van der Waals surface area contributed by atoms with E-state index in [2.05, 4.69) is 29.6 Å². The predicted octanol–water partition coefficient (Wildman–Crippen LogP) is 4.23. The predicted molar refractivity (Wildman–Crippen MR) is 90.5 cm³/mol. The largest absolute Gasteiger partial charge is 0.352 e. The van der Waals surface area contributed by atoms with E-state index in [0.29, 0.717) is 19.4 Å². The number of fused-ring (bicyclic) bond motifs is 1. The second-order valence-corrected chi connectivity index (χ2v) is 5.58. The van der Waals surface area contributed by atoms with E-state index < -0.39 is 0 Å². The van der Waals surface area contributed by atoms with Gasteiger partial charge >= 0.3 is 0 Å². The molecule has 3 rings (SSSR count). The first-order valence-corrected chi connectivity index (χ1v) is 7.69. The van der Waals surface area contributed by atoms with Gasteiger partial charge in [-0.2, -0.15) is 0 Å². The van der Waals surface area contributed by atoms with Crippen LogP contribution in [-0.2, 0) is 17.8 Å². The Morgan fingerprint density at radius 2 is 1.57 bits per heavy atom. The highest BCUT2D eigenvalue weighted by Crippen LogP contribution is 2.15. The van der Waals surface area contributed by atoms with Gasteiger partial charge in [0.1, 0.15) is 5.82 Å². The molecule has 0 bridgehead atoms. The van der Waals surface area contributed by atoms with Crippen LogP contribution in [0.1, 0.15) is 17.5 Å². The first-order valence-electron chi connectivity index (χ1n) is 7.69. The lowest BCUT2D eigenvalue weighted by Gasteiger charge is -2.07. The highest BCUT2D eigenvalue weighted by atomic mass is 19.1. The zero-order valence-corrected chi connectivity index (χ0v) is 12.8. The Kier molecular flexibility index (Phi) is 4.67. The van der Waals surface area contributed by atoms with Gasteiger partial charge in [-0.15, -0.1) is 0 Å². The van der Waals surface area contributed by atoms with Crippen molar-refractivity contribution >= 4 is 16.7 Å². The van der Waals surface area contributed by atoms with Crippen molar-refractivity contribution in [3.05, 3.63) is 83.7 Å². The molecule has 0 spiro atoms. The fourth-order valence-corrected chi connectivity index (χ4v) is 2.55. The fourth-order valence-electron chi connectivity index (χ4n) is 2.55. The van der Waals surface area contributed by atoms with Crippen LogP contribution in [0.3, 0.4) is 0 Å². The quantitative estimate of drug-likeness (QED) is 0.751. The van der Waals surface area contributed by atoms with Crippen LogP contribution in [0, 0.1) is 5.82 Å². The Labute approximate surface area is 135 Å². The third-order valence-electron chi connectivity index (χ3n) is 3.86. The van der Waals surface area contributed by atoms with Crippen LogP contribution in [0.5, 0.6) is 0 Å². The van der Waals surface area contributed by atoms with E-state index in [0.717, 1.165) is 11.1 Å². The third kappa shape index (κ3) is 4.16. The van der Waals surface area contributed by atoms with Crippen molar-refractivity contribution in [1.29, 1.82) is 0 Å². The Hall–Kier alpha value is -2.68. The van der Waals surface area contributed by atoms with Gasteiger partial charge < -0.3 is 5.32 Å². The van der Waals surface area contributed by atoms with Gasteiger partial charge in [0, 0.05) is 13.0 Å². The highest BCUT2D eigenvalue weighted by Gasteiger charge is 2.03. The number of carbonyl (C=O) groups is 1. The monoisotopic (exact) mass is 307 g/mol. The molecule has 0 heterocycles. The number of aryl methyl sites for hydroxylation is 1. The lowest BCUT2D eigenvalue weighted by atomic mass is 10.1. The Morgan fingerprint density at radius 1 is 0.870 bits per heavy atom. The summed E-state index contributed by atoms with van der Waals surface area (Å²) in [6, 6.07) is 20.6. The molecule has 1 amide bonds. The number of hydrogen-bond donors (Lipinski definition) is 1. The molecule has 0 unspecified atom stereocenters. The van der Waals surface area contributed by atoms with Crippen LogP contribution in [0.2, 0.25) is 0 Å². The number of halogens is 1. The minimum atomic E-state index is -0.255. The molecule has 0 aliphatic rings. The zero-order valence-electron chi connectivity index (χ0n) is 12.8. The minimum absolute atomic E-state index is 0.00230. The Morgan fingerprint density at radius 3 is 2.35 bits per heavy atom. The van der Waals surface area contributed by atoms with E-state index in [4.69, 9.17) is 0 Å². The SMILES string of the molecule is O=C(CCc1ccc(F)cc1)NCc1ccc2ccccc2c1. The lowest BCUT2D eigenvalue weighted by molar-refractivity contribution is -0.121. The molecule has 3 aromatic rings. The molecule has 1 N–H and O–H groups in total. The minimum Gasteiger partial charge on any atom is -0.352 e. The third-order valence-corrected chi connectivity index (χ3v) is 3.86. The fraction of sp³-hybridized carbons (Fsp3) is 0.150. The number of carbonyl (C=O) groups excluding carboxylic acids is 1. The summed E-state index contributed by atoms with van der Waals surface area (Å²) < 4.78 is 12.8. The maximum atomic E-state index is 12.8. The first-order chi connectivity index (χ1) is 11.2. The van der Waals surface area contributed by atoms with Gasteiger partial charge in [0.15, 0.2) is 0 Å². The molecule has 0 atom stereocenters. The molecular formula is C20H18FNO. The maximum Gasteiger partial charge on any atom is 0.220 e. The molecule has 3 heteroatoms. The number of rotatable bonds is 5. The molecule has 3 aromatic carbocycles. The van der Waals surface area contributed by atoms with Crippen molar-refractivity contribution in [2.75, 3.05) is 0 Å². The van der Waals surface area contributed by atoms with E-state index in [1.54, 1.807) is 12.1 Å². The van der Waals surface area contributed by atoms with E-state index in [1.165, 1.54) is 22.9 Å². The van der Waals surface area contributed by atoms with Crippen molar-refractivity contribution in [2.45, 2.75) is 19.4 Å². The average Bonchev–Trinajstić information content (AvgIpc) is 2.59. The second-order valence-electron chi connectivity index (χ2n) is 5.58. The number of hydrogen-bond acceptors (Lipinski definition) is 1. The summed E-state index contributed by atoms with van der Waals surface area (Å²) in [5.74, 6) is -0.253. The van der Waals surface area contributed by atoms with Crippen molar-refractivity contribution < 1.29 is 9.18 Å². The zero-order chi connectivity index (χ0) is 16.1. The standard InChI is InChI=1S/C20H18FNO/c21-19-10-6-15(7-11-19)8-12-20(23)22-14-16-5-9-17-3-1-2-4-18(17)13-16/h1-7,9-11,13H,8,12,14H2,(H,22,23). The van der Waals surface area contributed by atoms with Gasteiger partial charge in [-0.3, -0.25) is 4.79 Å². The van der Waals surface area contributed by atoms with E-state index >= 15 is 0 Å². The van der Waals surface area contributed by atoms with Crippen molar-refractivity contribution in [2.24, 2.45) is 0 Å². The molecular weight excluding hydrogens is 289 g/mol. The molecule has 0 aliphatic carbocycles. The van der Waals surface area contributed by atoms with Crippen LogP contribution in [0.4, 0.5) is 4.39 Å². The summed E-state index contributed by atoms with van der Waals surface area (Å²) in [5.41, 5.74) is 2.05. The van der Waals surface area contributed by atoms with Crippen LogP contribution < -0.4 is 5.32 Å². The molecule has 0 aromatic heterocycles. The van der Waals surface area contributed by atoms with E-state index in [-0.39, 0.29) is 11.7 Å². The van der Waals surface area contributed by atoms with Gasteiger partial charge in [0.25, 0.3) is 0 Å². The first kappa shape index (κ1) is 15.2. The topological polar surface area (TPSA) is 29.1 Å². The van der Waals surface area contributed by atoms with Gasteiger partial charge in [-0.1, -0.05) is 48.5 Å². The number of amides is 1. The normalized spacial score (nSPS) is 10.7. The summed E-state index contributed by atoms with van der Waals surface area (Å²) in [6.07, 6.45) is 1.02. The van der Waals surface area contributed by atoms with Gasteiger partial charge in [0.2, 0.25) is 5.91 Å². The summed E-state index contributed by atoms with van der Waals surface area (Å²) in [7, 11) is 0. The van der Waals surface area contributed by atoms with Crippen LogP contribution in [-0.4, -0.2) is 5.91 Å². The number of nitrogens with one attached hydrogen (secondary N) is 1. The summed E-state index contributed by atoms with van der Waals surface area (Å²) in [6.45, 7) is 0.521. The Bertz CT molecular complexity index is 811. The summed E-state index contributed by atoms with van der Waals surface area (Å²) in [4.78, 5) is 11.9. The van der Waals surface area contributed by atoms with Gasteiger partial charge in [-0.05, 0) is 46.5 Å². The summed E-state index contributed by atoms with van der Waals surface area (Å²) >= 11 is 0. The maximum absolute atomic E-state index is 12.8. The average molecular weight is 307 g/mol. The highest BCUT2D eigenvalue weighted by molar-refractivity contribution is 5.83. The molecule has 0 aliphatic heterocycles. The summed E-state index contributed by atoms with van der Waals surface area (Å²) in [5, 5.41) is 5.30. The van der Waals surface area contributed by atoms with Crippen molar-refractivity contribution in [3.8, 4) is 0 Å². The molecule has 0 radical (unpaired) electrons. The van der Waals surface area contributed by atoms with Crippen LogP contribution in [0.25, 0.3) is 10.8 Å². The van der Waals surface area contributed by atoms with Gasteiger partial charge in [0.05, 0.1) is 0 Å². The molecule has 0 fully saturated rings. The smallest absolute Gasteiger partial charge is 0.220 e. The van der Waals surface area contributed by atoms with Gasteiger partial charge in [-0.25, -0.2) is 4.39 Å². The Balaban J connectivity index is 1.52. The molecule has 0 saturated heterocycles. The van der Waals surface area contributed by atoms with E-state index in [9.17, 15) is 9.18 Å². The lowest BCUT2D eigenvalue weighted by Crippen LogP contribution is -2.22. The van der Waals surface area contributed by atoms with Crippen molar-refractivity contribution in [3.63, 3.8) is 0 Å². The van der Waals surface area contributed by atoms with Crippen LogP contribution >= 0.6 is 0 Å². The molecule has 2 nitrogen and oxygen atoms in total. The molecule has 23 heavy (non-hydrogen) atoms. The molecule has 116 valence electrons. The second kappa shape index (κ2) is 7.05.